The van der Waals surface area contributed by atoms with Crippen LogP contribution in [0.3, 0.4) is 0 Å². The van der Waals surface area contributed by atoms with Crippen LogP contribution in [0.4, 0.5) is 0 Å². The minimum Gasteiger partial charge on any atom is -0.481 e. The average Bonchev–Trinajstić information content (AvgIpc) is 2.80. The first-order chi connectivity index (χ1) is 12.1. The standard InChI is InChI=1S/C22H32O4/c1-13-10-15(23)11-14-4-5-16-17-7-9-22(26,12-19(24)25)20(17,2)8-6-18(16)21(13,14)3/h11,13,16-18,26H,4-10,12H2,1-3H3,(H,24,25)/t13?,16-,17-,18+,20-,21-,22?/m0/s1. The van der Waals surface area contributed by atoms with Crippen molar-refractivity contribution >= 4 is 11.8 Å². The zero-order chi connectivity index (χ0) is 18.9. The summed E-state index contributed by atoms with van der Waals surface area (Å²) < 4.78 is 0. The Morgan fingerprint density at radius 2 is 1.88 bits per heavy atom. The Morgan fingerprint density at radius 1 is 1.19 bits per heavy atom. The number of hydrogen-bond acceptors (Lipinski definition) is 3. The predicted octanol–water partition coefficient (Wildman–Crippen LogP) is 3.97. The van der Waals surface area contributed by atoms with Crippen molar-refractivity contribution in [1.29, 1.82) is 0 Å². The molecule has 4 aliphatic carbocycles. The summed E-state index contributed by atoms with van der Waals surface area (Å²) in [5.41, 5.74) is 0.0771. The number of rotatable bonds is 2. The van der Waals surface area contributed by atoms with E-state index in [0.717, 1.165) is 32.1 Å². The van der Waals surface area contributed by atoms with Gasteiger partial charge in [0.05, 0.1) is 12.0 Å². The summed E-state index contributed by atoms with van der Waals surface area (Å²) in [6, 6.07) is 0. The van der Waals surface area contributed by atoms with Crippen LogP contribution in [0.25, 0.3) is 0 Å². The van der Waals surface area contributed by atoms with E-state index in [9.17, 15) is 19.8 Å². The van der Waals surface area contributed by atoms with Gasteiger partial charge in [-0.2, -0.15) is 0 Å². The van der Waals surface area contributed by atoms with Crippen LogP contribution in [0.15, 0.2) is 11.6 Å². The highest BCUT2D eigenvalue weighted by Gasteiger charge is 2.64. The Balaban J connectivity index is 1.68. The predicted molar refractivity (Wildman–Crippen MR) is 98.5 cm³/mol. The number of carbonyl (C=O) groups is 2. The fraction of sp³-hybridized carbons (Fsp3) is 0.818. The third-order valence-electron chi connectivity index (χ3n) is 9.28. The summed E-state index contributed by atoms with van der Waals surface area (Å²) in [7, 11) is 0. The maximum Gasteiger partial charge on any atom is 0.306 e. The molecule has 0 heterocycles. The lowest BCUT2D eigenvalue weighted by molar-refractivity contribution is -0.159. The Labute approximate surface area is 156 Å². The molecule has 3 saturated carbocycles. The third-order valence-corrected chi connectivity index (χ3v) is 9.28. The molecule has 0 amide bonds. The van der Waals surface area contributed by atoms with Crippen LogP contribution in [0.1, 0.15) is 72.1 Å². The number of aliphatic hydroxyl groups is 1. The summed E-state index contributed by atoms with van der Waals surface area (Å²) in [4.78, 5) is 23.5. The normalized spacial score (nSPS) is 50.5. The van der Waals surface area contributed by atoms with Crippen LogP contribution in [0.5, 0.6) is 0 Å². The summed E-state index contributed by atoms with van der Waals surface area (Å²) in [5, 5.41) is 20.6. The van der Waals surface area contributed by atoms with E-state index in [4.69, 9.17) is 0 Å². The number of carboxylic acids is 1. The van der Waals surface area contributed by atoms with E-state index in [1.165, 1.54) is 5.57 Å². The number of hydrogen-bond donors (Lipinski definition) is 2. The van der Waals surface area contributed by atoms with E-state index in [1.807, 2.05) is 6.08 Å². The number of ketones is 1. The van der Waals surface area contributed by atoms with Crippen LogP contribution >= 0.6 is 0 Å². The van der Waals surface area contributed by atoms with Gasteiger partial charge in [0, 0.05) is 6.42 Å². The van der Waals surface area contributed by atoms with Crippen LogP contribution < -0.4 is 0 Å². The molecule has 4 aliphatic rings. The second-order valence-electron chi connectivity index (χ2n) is 10.0. The van der Waals surface area contributed by atoms with Crippen molar-refractivity contribution in [2.45, 2.75) is 77.7 Å². The number of allylic oxidation sites excluding steroid dienone is 1. The van der Waals surface area contributed by atoms with E-state index in [2.05, 4.69) is 20.8 Å². The van der Waals surface area contributed by atoms with Gasteiger partial charge in [-0.15, -0.1) is 0 Å². The molecule has 0 aromatic rings. The lowest BCUT2D eigenvalue weighted by Crippen LogP contribution is -2.56. The van der Waals surface area contributed by atoms with Gasteiger partial charge < -0.3 is 10.2 Å². The minimum absolute atomic E-state index is 0.0889. The highest BCUT2D eigenvalue weighted by atomic mass is 16.4. The lowest BCUT2D eigenvalue weighted by Gasteiger charge is -2.60. The Kier molecular flexibility index (Phi) is 3.97. The highest BCUT2D eigenvalue weighted by molar-refractivity contribution is 5.92. The third kappa shape index (κ3) is 2.23. The summed E-state index contributed by atoms with van der Waals surface area (Å²) >= 11 is 0. The van der Waals surface area contributed by atoms with Gasteiger partial charge >= 0.3 is 5.97 Å². The number of carboxylic acid groups (broad SMARTS) is 1. The average molecular weight is 360 g/mol. The molecule has 0 aromatic carbocycles. The van der Waals surface area contributed by atoms with E-state index < -0.39 is 11.6 Å². The first-order valence-electron chi connectivity index (χ1n) is 10.3. The molecule has 4 heteroatoms. The first-order valence-corrected chi connectivity index (χ1v) is 10.3. The van der Waals surface area contributed by atoms with Gasteiger partial charge in [-0.3, -0.25) is 9.59 Å². The van der Waals surface area contributed by atoms with Gasteiger partial charge in [0.15, 0.2) is 5.78 Å². The molecule has 0 aliphatic heterocycles. The van der Waals surface area contributed by atoms with Crippen molar-refractivity contribution in [3.63, 3.8) is 0 Å². The maximum atomic E-state index is 12.1. The smallest absolute Gasteiger partial charge is 0.306 e. The van der Waals surface area contributed by atoms with Crippen molar-refractivity contribution in [1.82, 2.24) is 0 Å². The summed E-state index contributed by atoms with van der Waals surface area (Å²) in [6.45, 7) is 6.75. The van der Waals surface area contributed by atoms with E-state index in [1.54, 1.807) is 0 Å². The molecule has 3 fully saturated rings. The van der Waals surface area contributed by atoms with Crippen molar-refractivity contribution in [2.24, 2.45) is 34.5 Å². The second-order valence-corrected chi connectivity index (χ2v) is 10.0. The Hall–Kier alpha value is -1.16. The topological polar surface area (TPSA) is 74.6 Å². The molecule has 4 rings (SSSR count). The molecule has 7 atom stereocenters. The van der Waals surface area contributed by atoms with Gasteiger partial charge in [-0.05, 0) is 79.1 Å². The molecule has 0 bridgehead atoms. The Bertz CT molecular complexity index is 682. The Morgan fingerprint density at radius 3 is 2.58 bits per heavy atom. The van der Waals surface area contributed by atoms with Gasteiger partial charge in [0.25, 0.3) is 0 Å². The zero-order valence-corrected chi connectivity index (χ0v) is 16.3. The summed E-state index contributed by atoms with van der Waals surface area (Å²) in [5.74, 6) is 1.24. The molecule has 0 saturated heterocycles. The maximum absolute atomic E-state index is 12.1. The van der Waals surface area contributed by atoms with Crippen molar-refractivity contribution < 1.29 is 19.8 Å². The fourth-order valence-corrected chi connectivity index (χ4v) is 7.59. The van der Waals surface area contributed by atoms with E-state index >= 15 is 0 Å². The molecule has 4 nitrogen and oxygen atoms in total. The molecular weight excluding hydrogens is 328 g/mol. The molecule has 0 radical (unpaired) electrons. The van der Waals surface area contributed by atoms with Crippen LogP contribution in [0, 0.1) is 34.5 Å². The van der Waals surface area contributed by atoms with Crippen molar-refractivity contribution in [3.05, 3.63) is 11.6 Å². The van der Waals surface area contributed by atoms with Crippen LogP contribution in [-0.4, -0.2) is 27.6 Å². The van der Waals surface area contributed by atoms with Gasteiger partial charge in [-0.1, -0.05) is 26.3 Å². The highest BCUT2D eigenvalue weighted by Crippen LogP contribution is 2.68. The van der Waals surface area contributed by atoms with Crippen LogP contribution in [0.2, 0.25) is 0 Å². The molecule has 2 unspecified atom stereocenters. The molecular formula is C22H32O4. The monoisotopic (exact) mass is 360 g/mol. The molecule has 26 heavy (non-hydrogen) atoms. The largest absolute Gasteiger partial charge is 0.481 e. The van der Waals surface area contributed by atoms with Crippen LogP contribution in [-0.2, 0) is 9.59 Å². The number of carbonyl (C=O) groups excluding carboxylic acids is 1. The quantitative estimate of drug-likeness (QED) is 0.781. The molecule has 2 N–H and O–H groups in total. The number of aliphatic carboxylic acids is 1. The van der Waals surface area contributed by atoms with Gasteiger partial charge in [-0.25, -0.2) is 0 Å². The first kappa shape index (κ1) is 18.2. The zero-order valence-electron chi connectivity index (χ0n) is 16.3. The lowest BCUT2D eigenvalue weighted by atomic mass is 9.44. The van der Waals surface area contributed by atoms with Gasteiger partial charge in [0.2, 0.25) is 0 Å². The molecule has 144 valence electrons. The van der Waals surface area contributed by atoms with Gasteiger partial charge in [0.1, 0.15) is 0 Å². The van der Waals surface area contributed by atoms with E-state index in [-0.39, 0.29) is 23.0 Å². The molecule has 0 aromatic heterocycles. The molecule has 0 spiro atoms. The SMILES string of the molecule is CC1CC(=O)C=C2CC[C@@H]3[C@@H](CC[C@@]4(C)[C@H]3CCC4(O)CC(=O)O)[C@]21C. The second kappa shape index (κ2) is 5.67. The minimum atomic E-state index is -1.07. The van der Waals surface area contributed by atoms with Crippen molar-refractivity contribution in [2.75, 3.05) is 0 Å². The van der Waals surface area contributed by atoms with Crippen molar-refractivity contribution in [3.8, 4) is 0 Å². The summed E-state index contributed by atoms with van der Waals surface area (Å²) in [6.07, 6.45) is 7.98. The van der Waals surface area contributed by atoms with E-state index in [0.29, 0.717) is 36.5 Å². The number of fused-ring (bicyclic) bond motifs is 5. The fourth-order valence-electron chi connectivity index (χ4n) is 7.59.